The molecule has 4 heteroatoms. The number of ether oxygens (including phenoxy) is 2. The minimum absolute atomic E-state index is 0.411. The molecule has 1 atom stereocenters. The van der Waals surface area contributed by atoms with Gasteiger partial charge in [0.15, 0.2) is 0 Å². The highest BCUT2D eigenvalue weighted by Crippen LogP contribution is 2.32. The molecule has 1 aliphatic rings. The van der Waals surface area contributed by atoms with Crippen LogP contribution < -0.4 is 14.4 Å². The van der Waals surface area contributed by atoms with E-state index in [1.165, 1.54) is 27.9 Å². The molecule has 0 bridgehead atoms. The number of benzene rings is 2. The summed E-state index contributed by atoms with van der Waals surface area (Å²) in [5, 5.41) is 0. The van der Waals surface area contributed by atoms with Gasteiger partial charge in [0, 0.05) is 37.9 Å². The number of anilines is 1. The van der Waals surface area contributed by atoms with Crippen LogP contribution in [0.4, 0.5) is 5.69 Å². The van der Waals surface area contributed by atoms with Gasteiger partial charge < -0.3 is 14.4 Å². The Morgan fingerprint density at radius 2 is 1.44 bits per heavy atom. The first-order chi connectivity index (χ1) is 13.0. The van der Waals surface area contributed by atoms with Crippen LogP contribution in [0, 0.1) is 20.8 Å². The van der Waals surface area contributed by atoms with Gasteiger partial charge in [0.1, 0.15) is 11.5 Å². The van der Waals surface area contributed by atoms with E-state index < -0.39 is 0 Å². The molecular weight excluding hydrogens is 336 g/mol. The summed E-state index contributed by atoms with van der Waals surface area (Å²) in [4.78, 5) is 5.06. The van der Waals surface area contributed by atoms with Gasteiger partial charge in [-0.15, -0.1) is 0 Å². The van der Waals surface area contributed by atoms with Crippen LogP contribution in [0.25, 0.3) is 0 Å². The zero-order valence-electron chi connectivity index (χ0n) is 17.5. The van der Waals surface area contributed by atoms with Gasteiger partial charge in [-0.25, -0.2) is 0 Å². The van der Waals surface area contributed by atoms with Crippen molar-refractivity contribution in [2.24, 2.45) is 0 Å². The molecule has 0 aliphatic carbocycles. The van der Waals surface area contributed by atoms with Crippen LogP contribution >= 0.6 is 0 Å². The summed E-state index contributed by atoms with van der Waals surface area (Å²) >= 11 is 0. The van der Waals surface area contributed by atoms with Crippen molar-refractivity contribution in [2.75, 3.05) is 45.3 Å². The molecule has 146 valence electrons. The number of nitrogens with zero attached hydrogens (tertiary/aromatic N) is 2. The van der Waals surface area contributed by atoms with Crippen LogP contribution in [0.2, 0.25) is 0 Å². The Labute approximate surface area is 163 Å². The van der Waals surface area contributed by atoms with E-state index in [9.17, 15) is 0 Å². The third kappa shape index (κ3) is 3.91. The smallest absolute Gasteiger partial charge is 0.122 e. The van der Waals surface area contributed by atoms with Gasteiger partial charge in [0.25, 0.3) is 0 Å². The Morgan fingerprint density at radius 3 is 2.04 bits per heavy atom. The van der Waals surface area contributed by atoms with E-state index in [0.29, 0.717) is 6.04 Å². The van der Waals surface area contributed by atoms with Crippen LogP contribution in [-0.2, 0) is 0 Å². The van der Waals surface area contributed by atoms with Crippen LogP contribution in [0.15, 0.2) is 30.3 Å². The average Bonchev–Trinajstić information content (AvgIpc) is 2.69. The SMILES string of the molecule is COc1ccc(N2CCN(C(C)c3ccc(OC)c(C)c3C)CC2)cc1C. The minimum Gasteiger partial charge on any atom is -0.496 e. The summed E-state index contributed by atoms with van der Waals surface area (Å²) in [5.74, 6) is 1.93. The van der Waals surface area contributed by atoms with E-state index in [-0.39, 0.29) is 0 Å². The van der Waals surface area contributed by atoms with Gasteiger partial charge in [0.05, 0.1) is 14.2 Å². The van der Waals surface area contributed by atoms with E-state index >= 15 is 0 Å². The Hall–Kier alpha value is -2.20. The molecule has 1 unspecified atom stereocenters. The van der Waals surface area contributed by atoms with Gasteiger partial charge in [-0.3, -0.25) is 4.90 Å². The van der Waals surface area contributed by atoms with Crippen molar-refractivity contribution >= 4 is 5.69 Å². The topological polar surface area (TPSA) is 24.9 Å². The molecule has 1 fully saturated rings. The lowest BCUT2D eigenvalue weighted by Gasteiger charge is -2.40. The second kappa shape index (κ2) is 8.22. The quantitative estimate of drug-likeness (QED) is 0.775. The van der Waals surface area contributed by atoms with E-state index in [4.69, 9.17) is 9.47 Å². The first-order valence-corrected chi connectivity index (χ1v) is 9.74. The predicted octanol–water partition coefficient (Wildman–Crippen LogP) is 4.51. The van der Waals surface area contributed by atoms with Gasteiger partial charge in [0.2, 0.25) is 0 Å². The van der Waals surface area contributed by atoms with Crippen molar-refractivity contribution < 1.29 is 9.47 Å². The molecule has 3 rings (SSSR count). The Balaban J connectivity index is 1.68. The number of hydrogen-bond donors (Lipinski definition) is 0. The van der Waals surface area contributed by atoms with E-state index in [1.807, 2.05) is 0 Å². The van der Waals surface area contributed by atoms with Crippen molar-refractivity contribution in [1.29, 1.82) is 0 Å². The number of hydrogen-bond acceptors (Lipinski definition) is 4. The number of methoxy groups -OCH3 is 2. The molecular formula is C23H32N2O2. The summed E-state index contributed by atoms with van der Waals surface area (Å²) in [6, 6.07) is 11.2. The van der Waals surface area contributed by atoms with Crippen molar-refractivity contribution in [2.45, 2.75) is 33.7 Å². The highest BCUT2D eigenvalue weighted by atomic mass is 16.5. The zero-order valence-corrected chi connectivity index (χ0v) is 17.5. The number of rotatable bonds is 5. The summed E-state index contributed by atoms with van der Waals surface area (Å²) in [7, 11) is 3.47. The van der Waals surface area contributed by atoms with Crippen molar-refractivity contribution in [3.8, 4) is 11.5 Å². The molecule has 27 heavy (non-hydrogen) atoms. The molecule has 2 aromatic rings. The second-order valence-corrected chi connectivity index (χ2v) is 7.46. The second-order valence-electron chi connectivity index (χ2n) is 7.46. The molecule has 1 heterocycles. The summed E-state index contributed by atoms with van der Waals surface area (Å²) in [6.07, 6.45) is 0. The lowest BCUT2D eigenvalue weighted by atomic mass is 9.96. The monoisotopic (exact) mass is 368 g/mol. The van der Waals surface area contributed by atoms with Crippen molar-refractivity contribution in [1.82, 2.24) is 4.90 Å². The van der Waals surface area contributed by atoms with Gasteiger partial charge in [-0.1, -0.05) is 6.07 Å². The standard InChI is InChI=1S/C23H32N2O2/c1-16-15-20(7-9-22(16)26-5)25-13-11-24(12-14-25)19(4)21-8-10-23(27-6)18(3)17(21)2/h7-10,15,19H,11-14H2,1-6H3. The first kappa shape index (κ1) is 19.6. The predicted molar refractivity (Wildman–Crippen MR) is 112 cm³/mol. The van der Waals surface area contributed by atoms with E-state index in [1.54, 1.807) is 14.2 Å². The number of aryl methyl sites for hydroxylation is 1. The van der Waals surface area contributed by atoms with Crippen molar-refractivity contribution in [3.63, 3.8) is 0 Å². The van der Waals surface area contributed by atoms with Crippen LogP contribution in [-0.4, -0.2) is 45.3 Å². The maximum Gasteiger partial charge on any atom is 0.122 e. The Kier molecular flexibility index (Phi) is 5.95. The third-order valence-electron chi connectivity index (χ3n) is 6.05. The van der Waals surface area contributed by atoms with Gasteiger partial charge >= 0.3 is 0 Å². The molecule has 0 saturated carbocycles. The molecule has 0 radical (unpaired) electrons. The zero-order chi connectivity index (χ0) is 19.6. The average molecular weight is 369 g/mol. The molecule has 1 saturated heterocycles. The molecule has 0 N–H and O–H groups in total. The summed E-state index contributed by atoms with van der Waals surface area (Å²) in [6.45, 7) is 13.0. The third-order valence-corrected chi connectivity index (χ3v) is 6.05. The molecule has 0 amide bonds. The largest absolute Gasteiger partial charge is 0.496 e. The summed E-state index contributed by atoms with van der Waals surface area (Å²) in [5.41, 5.74) is 6.47. The van der Waals surface area contributed by atoms with Crippen LogP contribution in [0.5, 0.6) is 11.5 Å². The van der Waals surface area contributed by atoms with Crippen LogP contribution in [0.3, 0.4) is 0 Å². The Bertz CT molecular complexity index is 795. The fraction of sp³-hybridized carbons (Fsp3) is 0.478. The molecule has 2 aromatic carbocycles. The normalized spacial score (nSPS) is 16.3. The molecule has 4 nitrogen and oxygen atoms in total. The highest BCUT2D eigenvalue weighted by Gasteiger charge is 2.24. The van der Waals surface area contributed by atoms with E-state index in [2.05, 4.69) is 67.8 Å². The van der Waals surface area contributed by atoms with Crippen LogP contribution in [0.1, 0.15) is 35.2 Å². The maximum atomic E-state index is 5.47. The van der Waals surface area contributed by atoms with Gasteiger partial charge in [-0.05, 0) is 74.2 Å². The number of piperazine rings is 1. The molecule has 0 spiro atoms. The minimum atomic E-state index is 0.411. The fourth-order valence-corrected chi connectivity index (χ4v) is 4.11. The summed E-state index contributed by atoms with van der Waals surface area (Å²) < 4.78 is 10.9. The maximum absolute atomic E-state index is 5.47. The van der Waals surface area contributed by atoms with Crippen molar-refractivity contribution in [3.05, 3.63) is 52.6 Å². The lowest BCUT2D eigenvalue weighted by molar-refractivity contribution is 0.198. The van der Waals surface area contributed by atoms with Gasteiger partial charge in [-0.2, -0.15) is 0 Å². The molecule has 1 aliphatic heterocycles. The van der Waals surface area contributed by atoms with E-state index in [0.717, 1.165) is 37.7 Å². The fourth-order valence-electron chi connectivity index (χ4n) is 4.11. The Morgan fingerprint density at radius 1 is 0.815 bits per heavy atom. The first-order valence-electron chi connectivity index (χ1n) is 9.74. The lowest BCUT2D eigenvalue weighted by Crippen LogP contribution is -2.47. The molecule has 0 aromatic heterocycles. The highest BCUT2D eigenvalue weighted by molar-refractivity contribution is 5.53.